The molecule has 10 nitrogen and oxygen atoms in total. The molecule has 2 amide bonds. The summed E-state index contributed by atoms with van der Waals surface area (Å²) >= 11 is 0. The molecule has 0 aromatic heterocycles. The van der Waals surface area contributed by atoms with Crippen molar-refractivity contribution in [1.82, 2.24) is 9.21 Å². The molecule has 1 saturated heterocycles. The van der Waals surface area contributed by atoms with Crippen LogP contribution in [0.5, 0.6) is 0 Å². The molecule has 190 valence electrons. The average Bonchev–Trinajstić information content (AvgIpc) is 3.20. The van der Waals surface area contributed by atoms with E-state index in [9.17, 15) is 27.9 Å². The van der Waals surface area contributed by atoms with Crippen LogP contribution in [0, 0.1) is 0 Å². The first-order valence-corrected chi connectivity index (χ1v) is 12.8. The molecule has 11 heteroatoms. The summed E-state index contributed by atoms with van der Waals surface area (Å²) in [6, 6.07) is 12.0. The normalized spacial score (nSPS) is 21.4. The highest BCUT2D eigenvalue weighted by atomic mass is 32.2. The van der Waals surface area contributed by atoms with Crippen LogP contribution in [0.1, 0.15) is 11.1 Å². The monoisotopic (exact) mass is 512 g/mol. The largest absolute Gasteiger partial charge is 0.872 e. The molecule has 2 aromatic carbocycles. The highest BCUT2D eigenvalue weighted by Gasteiger charge is 2.65. The molecule has 2 heterocycles. The van der Waals surface area contributed by atoms with Crippen molar-refractivity contribution in [2.45, 2.75) is 10.4 Å². The third-order valence-corrected chi connectivity index (χ3v) is 8.45. The van der Waals surface area contributed by atoms with Crippen molar-refractivity contribution in [3.05, 3.63) is 65.2 Å². The Bertz CT molecular complexity index is 1420. The molecule has 1 fully saturated rings. The van der Waals surface area contributed by atoms with Crippen molar-refractivity contribution in [3.8, 4) is 0 Å². The molecule has 1 spiro atoms. The van der Waals surface area contributed by atoms with E-state index < -0.39 is 44.5 Å². The number of hydrogen-bond donors (Lipinski definition) is 1. The zero-order valence-corrected chi connectivity index (χ0v) is 21.5. The van der Waals surface area contributed by atoms with Crippen LogP contribution in [0.3, 0.4) is 0 Å². The summed E-state index contributed by atoms with van der Waals surface area (Å²) in [5.74, 6) is -3.44. The number of sulfonamides is 1. The third kappa shape index (κ3) is 3.54. The van der Waals surface area contributed by atoms with Crippen molar-refractivity contribution >= 4 is 39.1 Å². The standard InChI is InChI=1S/C25H28N4O6S/c1-26(2)13-14-29-23(32)22(31)20(25(29)18-11-6-7-12-19(18)28(5)24(25)33)21(30)16-9-8-10-17(15-16)36(34,35)27(3)4/h6-12,15,30H,13-14H2,1-5H3/b21-20-. The van der Waals surface area contributed by atoms with Gasteiger partial charge in [0.25, 0.3) is 11.8 Å². The van der Waals surface area contributed by atoms with E-state index in [4.69, 9.17) is 0 Å². The number of anilines is 1. The van der Waals surface area contributed by atoms with E-state index in [1.165, 1.54) is 49.1 Å². The second-order valence-corrected chi connectivity index (χ2v) is 11.5. The van der Waals surface area contributed by atoms with Gasteiger partial charge >= 0.3 is 0 Å². The number of amides is 2. The SMILES string of the molecule is CN1C(=O)C2(/C(=C(\[O-])c3cccc(S(=O)(=O)N(C)C)c3)C(=O)C(=O)N2CC[NH+](C)C)c2ccccc21. The number of benzene rings is 2. The summed E-state index contributed by atoms with van der Waals surface area (Å²) in [6.07, 6.45) is 0. The quantitative estimate of drug-likeness (QED) is 0.284. The van der Waals surface area contributed by atoms with Gasteiger partial charge in [-0.2, -0.15) is 0 Å². The minimum atomic E-state index is -3.87. The Balaban J connectivity index is 2.03. The van der Waals surface area contributed by atoms with Crippen molar-refractivity contribution in [2.24, 2.45) is 0 Å². The Kier molecular flexibility index (Phi) is 6.27. The van der Waals surface area contributed by atoms with Gasteiger partial charge in [-0.25, -0.2) is 12.7 Å². The predicted octanol–water partition coefficient (Wildman–Crippen LogP) is -1.56. The zero-order chi connectivity index (χ0) is 26.6. The molecule has 1 unspecified atom stereocenters. The van der Waals surface area contributed by atoms with Gasteiger partial charge in [0.1, 0.15) is 0 Å². The highest BCUT2D eigenvalue weighted by Crippen LogP contribution is 2.52. The molecular formula is C25H28N4O6S. The maximum Gasteiger partial charge on any atom is 0.296 e. The number of likely N-dealkylation sites (tertiary alicyclic amines) is 1. The second-order valence-electron chi connectivity index (χ2n) is 9.35. The number of carbonyl (C=O) groups excluding carboxylic acids is 3. The molecule has 2 aromatic rings. The molecule has 1 N–H and O–H groups in total. The number of para-hydroxylation sites is 1. The van der Waals surface area contributed by atoms with E-state index in [1.807, 2.05) is 14.1 Å². The van der Waals surface area contributed by atoms with Gasteiger partial charge in [-0.3, -0.25) is 14.4 Å². The van der Waals surface area contributed by atoms with Gasteiger partial charge in [0.05, 0.1) is 32.1 Å². The molecule has 0 bridgehead atoms. The lowest BCUT2D eigenvalue weighted by Gasteiger charge is -2.36. The lowest BCUT2D eigenvalue weighted by Crippen LogP contribution is -3.06. The van der Waals surface area contributed by atoms with Crippen LogP contribution in [-0.2, 0) is 29.9 Å². The molecule has 0 radical (unpaired) electrons. The van der Waals surface area contributed by atoms with Gasteiger partial charge in [0.15, 0.2) is 5.54 Å². The molecule has 4 rings (SSSR count). The molecular weight excluding hydrogens is 484 g/mol. The van der Waals surface area contributed by atoms with Crippen LogP contribution in [0.25, 0.3) is 5.76 Å². The Morgan fingerprint density at radius 1 is 1.06 bits per heavy atom. The number of likely N-dealkylation sites (N-methyl/N-ethyl adjacent to an activating group) is 2. The highest BCUT2D eigenvalue weighted by molar-refractivity contribution is 7.89. The molecule has 0 aliphatic carbocycles. The number of hydrogen-bond acceptors (Lipinski definition) is 6. The van der Waals surface area contributed by atoms with Crippen molar-refractivity contribution in [1.29, 1.82) is 0 Å². The molecule has 1 atom stereocenters. The van der Waals surface area contributed by atoms with Gasteiger partial charge in [-0.15, -0.1) is 0 Å². The first-order chi connectivity index (χ1) is 16.9. The number of ketones is 1. The second kappa shape index (κ2) is 8.84. The van der Waals surface area contributed by atoms with Crippen LogP contribution < -0.4 is 14.9 Å². The summed E-state index contributed by atoms with van der Waals surface area (Å²) in [6.45, 7) is 0.491. The molecule has 2 aliphatic rings. The summed E-state index contributed by atoms with van der Waals surface area (Å²) in [7, 11) is 4.13. The molecule has 36 heavy (non-hydrogen) atoms. The number of nitrogens with zero attached hydrogens (tertiary/aromatic N) is 3. The van der Waals surface area contributed by atoms with Gasteiger partial charge in [0, 0.05) is 38.0 Å². The van der Waals surface area contributed by atoms with E-state index in [0.29, 0.717) is 17.8 Å². The first kappa shape index (κ1) is 25.5. The number of nitrogens with one attached hydrogen (secondary N) is 1. The minimum absolute atomic E-state index is 0.0622. The van der Waals surface area contributed by atoms with E-state index in [-0.39, 0.29) is 17.0 Å². The van der Waals surface area contributed by atoms with Crippen LogP contribution >= 0.6 is 0 Å². The van der Waals surface area contributed by atoms with Crippen molar-refractivity contribution in [3.63, 3.8) is 0 Å². The topological polar surface area (TPSA) is 123 Å². The van der Waals surface area contributed by atoms with Crippen LogP contribution in [0.4, 0.5) is 5.69 Å². The van der Waals surface area contributed by atoms with Crippen LogP contribution in [0.15, 0.2) is 59.0 Å². The lowest BCUT2D eigenvalue weighted by atomic mass is 9.82. The lowest BCUT2D eigenvalue weighted by molar-refractivity contribution is -0.857. The van der Waals surface area contributed by atoms with E-state index in [2.05, 4.69) is 0 Å². The predicted molar refractivity (Wildman–Crippen MR) is 130 cm³/mol. The zero-order valence-electron chi connectivity index (χ0n) is 20.7. The van der Waals surface area contributed by atoms with Gasteiger partial charge in [-0.1, -0.05) is 36.1 Å². The Hall–Kier alpha value is -3.54. The summed E-state index contributed by atoms with van der Waals surface area (Å²) in [5.41, 5.74) is -1.66. The Morgan fingerprint density at radius 3 is 2.36 bits per heavy atom. The van der Waals surface area contributed by atoms with Gasteiger partial charge < -0.3 is 19.8 Å². The first-order valence-electron chi connectivity index (χ1n) is 11.3. The number of quaternary nitrogens is 1. The van der Waals surface area contributed by atoms with Crippen molar-refractivity contribution < 1.29 is 32.8 Å². The maximum atomic E-state index is 13.9. The van der Waals surface area contributed by atoms with Crippen molar-refractivity contribution in [2.75, 3.05) is 53.2 Å². The van der Waals surface area contributed by atoms with Gasteiger partial charge in [0.2, 0.25) is 15.8 Å². The number of Topliss-reactive ketones (excluding diaryl/α,β-unsaturated/α-hetero) is 1. The van der Waals surface area contributed by atoms with Gasteiger partial charge in [-0.05, 0) is 23.8 Å². The van der Waals surface area contributed by atoms with Crippen LogP contribution in [-0.4, -0.2) is 83.5 Å². The number of rotatable bonds is 6. The third-order valence-electron chi connectivity index (χ3n) is 6.64. The van der Waals surface area contributed by atoms with E-state index in [0.717, 1.165) is 15.3 Å². The van der Waals surface area contributed by atoms with E-state index >= 15 is 0 Å². The van der Waals surface area contributed by atoms with E-state index in [1.54, 1.807) is 24.3 Å². The number of fused-ring (bicyclic) bond motifs is 2. The molecule has 2 aliphatic heterocycles. The summed E-state index contributed by atoms with van der Waals surface area (Å²) < 4.78 is 26.3. The number of carbonyl (C=O) groups is 3. The summed E-state index contributed by atoms with van der Waals surface area (Å²) in [5, 5.41) is 13.9. The Labute approximate surface area is 210 Å². The fourth-order valence-corrected chi connectivity index (χ4v) is 5.70. The fourth-order valence-electron chi connectivity index (χ4n) is 4.75. The fraction of sp³-hybridized carbons (Fsp3) is 0.320. The Morgan fingerprint density at radius 2 is 1.72 bits per heavy atom. The molecule has 0 saturated carbocycles. The maximum absolute atomic E-state index is 13.9. The smallest absolute Gasteiger partial charge is 0.296 e. The average molecular weight is 513 g/mol. The minimum Gasteiger partial charge on any atom is -0.872 e. The van der Waals surface area contributed by atoms with Crippen LogP contribution in [0.2, 0.25) is 0 Å². The summed E-state index contributed by atoms with van der Waals surface area (Å²) in [4.78, 5) is 44.0.